The van der Waals surface area contributed by atoms with Gasteiger partial charge in [-0.05, 0) is 11.6 Å². The van der Waals surface area contributed by atoms with Gasteiger partial charge in [0.05, 0.1) is 12.5 Å². The zero-order valence-electron chi connectivity index (χ0n) is 7.46. The van der Waals surface area contributed by atoms with Crippen LogP contribution in [0.5, 0.6) is 0 Å². The van der Waals surface area contributed by atoms with Crippen molar-refractivity contribution in [2.45, 2.75) is 6.42 Å². The van der Waals surface area contributed by atoms with Crippen molar-refractivity contribution in [3.05, 3.63) is 0 Å². The van der Waals surface area contributed by atoms with E-state index in [9.17, 15) is 9.59 Å². The average molecular weight is 206 g/mol. The summed E-state index contributed by atoms with van der Waals surface area (Å²) in [6.07, 6.45) is 0.242. The number of ether oxygens (including phenoxy) is 1. The third kappa shape index (κ3) is 2.67. The molecular formula is C8H12ClNO3. The molecule has 1 rings (SSSR count). The molecule has 0 bridgehead atoms. The Morgan fingerprint density at radius 3 is 2.92 bits per heavy atom. The summed E-state index contributed by atoms with van der Waals surface area (Å²) in [7, 11) is 1.57. The average Bonchev–Trinajstić information content (AvgIpc) is 2.44. The molecule has 1 aliphatic rings. The van der Waals surface area contributed by atoms with Gasteiger partial charge in [0.25, 0.3) is 0 Å². The fraction of sp³-hybridized carbons (Fsp3) is 0.750. The van der Waals surface area contributed by atoms with Crippen LogP contribution in [0.4, 0.5) is 0 Å². The third-order valence-corrected chi connectivity index (χ3v) is 2.41. The van der Waals surface area contributed by atoms with Crippen molar-refractivity contribution in [1.82, 2.24) is 4.90 Å². The summed E-state index contributed by atoms with van der Waals surface area (Å²) in [6.45, 7) is 1.47. The van der Waals surface area contributed by atoms with E-state index < -0.39 is 5.24 Å². The fourth-order valence-corrected chi connectivity index (χ4v) is 1.49. The Balaban J connectivity index is 2.42. The van der Waals surface area contributed by atoms with Crippen molar-refractivity contribution in [3.8, 4) is 0 Å². The minimum atomic E-state index is -0.423. The Bertz CT molecular complexity index is 219. The fourth-order valence-electron chi connectivity index (χ4n) is 1.34. The van der Waals surface area contributed by atoms with Gasteiger partial charge in [0.15, 0.2) is 0 Å². The quantitative estimate of drug-likeness (QED) is 0.618. The number of nitrogens with zero attached hydrogens (tertiary/aromatic N) is 1. The third-order valence-electron chi connectivity index (χ3n) is 2.10. The second-order valence-corrected chi connectivity index (χ2v) is 3.41. The van der Waals surface area contributed by atoms with Gasteiger partial charge in [-0.3, -0.25) is 9.59 Å². The first-order chi connectivity index (χ1) is 6.15. The minimum absolute atomic E-state index is 0.0175. The predicted molar refractivity (Wildman–Crippen MR) is 47.4 cm³/mol. The summed E-state index contributed by atoms with van der Waals surface area (Å²) < 4.78 is 4.84. The number of carbonyl (C=O) groups excluding carboxylic acids is 2. The van der Waals surface area contributed by atoms with Crippen LogP contribution in [0.1, 0.15) is 6.42 Å². The highest BCUT2D eigenvalue weighted by atomic mass is 35.5. The van der Waals surface area contributed by atoms with E-state index in [4.69, 9.17) is 16.3 Å². The van der Waals surface area contributed by atoms with Gasteiger partial charge in [0, 0.05) is 26.6 Å². The lowest BCUT2D eigenvalue weighted by molar-refractivity contribution is -0.128. The van der Waals surface area contributed by atoms with Crippen LogP contribution in [-0.2, 0) is 14.3 Å². The second kappa shape index (κ2) is 4.58. The molecule has 0 aromatic heterocycles. The number of hydrogen-bond acceptors (Lipinski definition) is 3. The van der Waals surface area contributed by atoms with Crippen LogP contribution in [0.2, 0.25) is 0 Å². The summed E-state index contributed by atoms with van der Waals surface area (Å²) >= 11 is 5.30. The Labute approximate surface area is 81.8 Å². The molecule has 0 saturated carbocycles. The molecule has 1 aliphatic heterocycles. The standard InChI is InChI=1S/C8H12ClNO3/c1-13-3-2-10-5-6(8(9)12)4-7(10)11/h6H,2-5H2,1H3. The van der Waals surface area contributed by atoms with Gasteiger partial charge in [0.2, 0.25) is 11.1 Å². The lowest BCUT2D eigenvalue weighted by Crippen LogP contribution is -2.29. The maximum Gasteiger partial charge on any atom is 0.227 e. The van der Waals surface area contributed by atoms with E-state index in [0.29, 0.717) is 19.7 Å². The molecule has 1 amide bonds. The summed E-state index contributed by atoms with van der Waals surface area (Å²) in [4.78, 5) is 23.6. The SMILES string of the molecule is COCCN1CC(C(=O)Cl)CC1=O. The van der Waals surface area contributed by atoms with Gasteiger partial charge in [-0.15, -0.1) is 0 Å². The van der Waals surface area contributed by atoms with Gasteiger partial charge in [0.1, 0.15) is 0 Å². The number of hydrogen-bond donors (Lipinski definition) is 0. The van der Waals surface area contributed by atoms with Gasteiger partial charge in [-0.25, -0.2) is 0 Å². The first kappa shape index (κ1) is 10.5. The van der Waals surface area contributed by atoms with Crippen LogP contribution in [-0.4, -0.2) is 42.9 Å². The highest BCUT2D eigenvalue weighted by Crippen LogP contribution is 2.19. The zero-order chi connectivity index (χ0) is 9.84. The molecule has 4 nitrogen and oxygen atoms in total. The Kier molecular flexibility index (Phi) is 3.69. The second-order valence-electron chi connectivity index (χ2n) is 3.04. The summed E-state index contributed by atoms with van der Waals surface area (Å²) in [5, 5.41) is -0.423. The number of likely N-dealkylation sites (tertiary alicyclic amines) is 1. The Morgan fingerprint density at radius 2 is 2.46 bits per heavy atom. The first-order valence-corrected chi connectivity index (χ1v) is 4.49. The van der Waals surface area contributed by atoms with Gasteiger partial charge < -0.3 is 9.64 Å². The van der Waals surface area contributed by atoms with Crippen molar-refractivity contribution in [2.75, 3.05) is 26.8 Å². The van der Waals surface area contributed by atoms with Crippen LogP contribution in [0.15, 0.2) is 0 Å². The number of halogens is 1. The molecule has 1 fully saturated rings. The normalized spacial score (nSPS) is 22.5. The topological polar surface area (TPSA) is 46.6 Å². The van der Waals surface area contributed by atoms with Crippen LogP contribution >= 0.6 is 11.6 Å². The molecular weight excluding hydrogens is 194 g/mol. The van der Waals surface area contributed by atoms with Crippen LogP contribution in [0.25, 0.3) is 0 Å². The lowest BCUT2D eigenvalue weighted by atomic mass is 10.1. The highest BCUT2D eigenvalue weighted by molar-refractivity contribution is 6.64. The summed E-state index contributed by atoms with van der Waals surface area (Å²) in [5.74, 6) is -0.345. The highest BCUT2D eigenvalue weighted by Gasteiger charge is 2.32. The van der Waals surface area contributed by atoms with E-state index in [-0.39, 0.29) is 18.2 Å². The molecule has 1 atom stereocenters. The molecule has 0 aromatic rings. The first-order valence-electron chi connectivity index (χ1n) is 4.11. The molecule has 0 N–H and O–H groups in total. The van der Waals surface area contributed by atoms with Crippen molar-refractivity contribution in [2.24, 2.45) is 5.92 Å². The van der Waals surface area contributed by atoms with E-state index in [1.807, 2.05) is 0 Å². The number of amides is 1. The molecule has 1 heterocycles. The molecule has 1 unspecified atom stereocenters. The minimum Gasteiger partial charge on any atom is -0.383 e. The van der Waals surface area contributed by atoms with Gasteiger partial charge in [-0.2, -0.15) is 0 Å². The maximum absolute atomic E-state index is 11.3. The molecule has 0 radical (unpaired) electrons. The van der Waals surface area contributed by atoms with Crippen LogP contribution < -0.4 is 0 Å². The molecule has 5 heteroatoms. The molecule has 0 aromatic carbocycles. The number of rotatable bonds is 4. The van der Waals surface area contributed by atoms with Crippen molar-refractivity contribution >= 4 is 22.8 Å². The van der Waals surface area contributed by atoms with Gasteiger partial charge >= 0.3 is 0 Å². The van der Waals surface area contributed by atoms with Gasteiger partial charge in [-0.1, -0.05) is 0 Å². The number of carbonyl (C=O) groups is 2. The smallest absolute Gasteiger partial charge is 0.227 e. The van der Waals surface area contributed by atoms with Crippen molar-refractivity contribution in [3.63, 3.8) is 0 Å². The van der Waals surface area contributed by atoms with E-state index in [1.165, 1.54) is 0 Å². The molecule has 0 spiro atoms. The van der Waals surface area contributed by atoms with E-state index in [0.717, 1.165) is 0 Å². The van der Waals surface area contributed by atoms with E-state index in [1.54, 1.807) is 12.0 Å². The zero-order valence-corrected chi connectivity index (χ0v) is 8.21. The Hall–Kier alpha value is -0.610. The van der Waals surface area contributed by atoms with Crippen molar-refractivity contribution in [1.29, 1.82) is 0 Å². The largest absolute Gasteiger partial charge is 0.383 e. The number of methoxy groups -OCH3 is 1. The molecule has 1 saturated heterocycles. The Morgan fingerprint density at radius 1 is 1.77 bits per heavy atom. The summed E-state index contributed by atoms with van der Waals surface area (Å²) in [6, 6.07) is 0. The lowest BCUT2D eigenvalue weighted by Gasteiger charge is -2.14. The molecule has 0 aliphatic carbocycles. The van der Waals surface area contributed by atoms with Crippen molar-refractivity contribution < 1.29 is 14.3 Å². The van der Waals surface area contributed by atoms with E-state index in [2.05, 4.69) is 0 Å². The molecule has 13 heavy (non-hydrogen) atoms. The van der Waals surface area contributed by atoms with Crippen LogP contribution in [0, 0.1) is 5.92 Å². The predicted octanol–water partition coefficient (Wildman–Crippen LogP) is 0.247. The maximum atomic E-state index is 11.3. The van der Waals surface area contributed by atoms with Crippen LogP contribution in [0.3, 0.4) is 0 Å². The summed E-state index contributed by atoms with van der Waals surface area (Å²) in [5.41, 5.74) is 0. The monoisotopic (exact) mass is 205 g/mol. The molecule has 74 valence electrons. The van der Waals surface area contributed by atoms with E-state index >= 15 is 0 Å².